The highest BCUT2D eigenvalue weighted by molar-refractivity contribution is 5.68. The van der Waals surface area contributed by atoms with Gasteiger partial charge in [0.05, 0.1) is 6.61 Å². The van der Waals surface area contributed by atoms with Gasteiger partial charge in [0.15, 0.2) is 37.0 Å². The number of aliphatic hydroxyl groups excluding tert-OH is 1. The zero-order chi connectivity index (χ0) is 27.4. The Labute approximate surface area is 211 Å². The van der Waals surface area contributed by atoms with Crippen LogP contribution in [0, 0.1) is 0 Å². The summed E-state index contributed by atoms with van der Waals surface area (Å²) in [5, 5.41) is 10.8. The van der Waals surface area contributed by atoms with Crippen LogP contribution in [0.2, 0.25) is 0 Å². The third-order valence-corrected chi connectivity index (χ3v) is 5.58. The van der Waals surface area contributed by atoms with Crippen molar-refractivity contribution in [2.75, 3.05) is 13.2 Å². The van der Waals surface area contributed by atoms with E-state index in [1.54, 1.807) is 0 Å². The van der Waals surface area contributed by atoms with Gasteiger partial charge in [0.25, 0.3) is 0 Å². The number of esters is 5. The molecule has 15 heteroatoms. The largest absolute Gasteiger partial charge is 0.463 e. The molecule has 0 aromatic rings. The van der Waals surface area contributed by atoms with Crippen molar-refractivity contribution >= 4 is 29.8 Å². The molecule has 0 aromatic carbocycles. The van der Waals surface area contributed by atoms with Gasteiger partial charge in [-0.1, -0.05) is 0 Å². The maximum absolute atomic E-state index is 11.9. The molecule has 3 heterocycles. The molecule has 10 atom stereocenters. The molecule has 0 aliphatic carbocycles. The predicted molar refractivity (Wildman–Crippen MR) is 113 cm³/mol. The Morgan fingerprint density at radius 1 is 0.703 bits per heavy atom. The van der Waals surface area contributed by atoms with Crippen LogP contribution in [0.3, 0.4) is 0 Å². The zero-order valence-corrected chi connectivity index (χ0v) is 20.9. The first-order valence-corrected chi connectivity index (χ1v) is 11.5. The Morgan fingerprint density at radius 3 is 1.81 bits per heavy atom. The lowest BCUT2D eigenvalue weighted by Crippen LogP contribution is -2.65. The maximum atomic E-state index is 11.9. The number of carbonyl (C=O) groups excluding carboxylic acids is 5. The van der Waals surface area contributed by atoms with E-state index in [0.29, 0.717) is 0 Å². The molecule has 3 aliphatic heterocycles. The van der Waals surface area contributed by atoms with Crippen LogP contribution >= 0.6 is 0 Å². The van der Waals surface area contributed by atoms with E-state index in [4.69, 9.17) is 42.6 Å². The highest BCUT2D eigenvalue weighted by Gasteiger charge is 2.58. The number of fused-ring (bicyclic) bond motifs is 2. The first-order valence-electron chi connectivity index (χ1n) is 11.5. The Hall–Kier alpha value is -2.85. The van der Waals surface area contributed by atoms with Crippen molar-refractivity contribution in [2.45, 2.75) is 96.0 Å². The molecule has 0 saturated carbocycles. The first kappa shape index (κ1) is 28.7. The molecule has 0 amide bonds. The minimum Gasteiger partial charge on any atom is -0.463 e. The molecule has 15 nitrogen and oxygen atoms in total. The normalized spacial score (nSPS) is 36.7. The van der Waals surface area contributed by atoms with Crippen LogP contribution in [0.5, 0.6) is 0 Å². The number of carbonyl (C=O) groups is 5. The maximum Gasteiger partial charge on any atom is 0.303 e. The summed E-state index contributed by atoms with van der Waals surface area (Å²) in [7, 11) is 0. The number of hydrogen-bond donors (Lipinski definition) is 1. The lowest BCUT2D eigenvalue weighted by atomic mass is 9.97. The zero-order valence-electron chi connectivity index (χ0n) is 20.9. The summed E-state index contributed by atoms with van der Waals surface area (Å²) < 4.78 is 49.3. The summed E-state index contributed by atoms with van der Waals surface area (Å²) in [5.74, 6) is -3.73. The van der Waals surface area contributed by atoms with Crippen LogP contribution in [0.1, 0.15) is 34.6 Å². The third-order valence-electron chi connectivity index (χ3n) is 5.58. The number of ether oxygens (including phenoxy) is 9. The molecule has 3 aliphatic rings. The summed E-state index contributed by atoms with van der Waals surface area (Å²) in [6.45, 7) is 5.09. The molecule has 3 fully saturated rings. The Balaban J connectivity index is 1.95. The standard InChI is InChI=1S/C22H30O15/c1-8(23)29-6-13-15(28)17(31-9(2)24)19(33-11(4)26)22(35-13)37-16-14-7-30-21(36-14)20(34-12(5)27)18(16)32-10(3)25/h13-22,28H,6-7H2,1-5H3/t13-,14-,15-,16-,17+,18+,19-,20-,21-,22+/m1/s1. The quantitative estimate of drug-likeness (QED) is 0.280. The minimum atomic E-state index is -1.59. The average molecular weight is 534 g/mol. The van der Waals surface area contributed by atoms with Gasteiger partial charge >= 0.3 is 29.8 Å². The smallest absolute Gasteiger partial charge is 0.303 e. The second-order valence-electron chi connectivity index (χ2n) is 8.61. The first-order chi connectivity index (χ1) is 17.4. The molecule has 2 bridgehead atoms. The summed E-state index contributed by atoms with van der Waals surface area (Å²) >= 11 is 0. The van der Waals surface area contributed by atoms with Gasteiger partial charge in [-0.15, -0.1) is 0 Å². The van der Waals surface area contributed by atoms with Gasteiger partial charge in [-0.2, -0.15) is 0 Å². The predicted octanol–water partition coefficient (Wildman–Crippen LogP) is -1.50. The van der Waals surface area contributed by atoms with Crippen LogP contribution in [0.4, 0.5) is 0 Å². The molecule has 208 valence electrons. The van der Waals surface area contributed by atoms with Gasteiger partial charge in [-0.05, 0) is 0 Å². The van der Waals surface area contributed by atoms with Gasteiger partial charge in [-0.3, -0.25) is 24.0 Å². The number of rotatable bonds is 8. The van der Waals surface area contributed by atoms with Gasteiger partial charge in [0, 0.05) is 34.6 Å². The molecule has 3 saturated heterocycles. The third kappa shape index (κ3) is 7.13. The highest BCUT2D eigenvalue weighted by Crippen LogP contribution is 2.37. The molecular weight excluding hydrogens is 504 g/mol. The molecule has 37 heavy (non-hydrogen) atoms. The topological polar surface area (TPSA) is 189 Å². The van der Waals surface area contributed by atoms with Crippen molar-refractivity contribution in [3.8, 4) is 0 Å². The Morgan fingerprint density at radius 2 is 1.24 bits per heavy atom. The lowest BCUT2D eigenvalue weighted by Gasteiger charge is -2.46. The fourth-order valence-corrected chi connectivity index (χ4v) is 4.28. The van der Waals surface area contributed by atoms with E-state index in [1.807, 2.05) is 0 Å². The molecule has 1 N–H and O–H groups in total. The van der Waals surface area contributed by atoms with E-state index >= 15 is 0 Å². The monoisotopic (exact) mass is 534 g/mol. The van der Waals surface area contributed by atoms with Crippen molar-refractivity contribution in [1.82, 2.24) is 0 Å². The van der Waals surface area contributed by atoms with Crippen LogP contribution in [-0.2, 0) is 66.6 Å². The highest BCUT2D eigenvalue weighted by atomic mass is 16.8. The fourth-order valence-electron chi connectivity index (χ4n) is 4.28. The van der Waals surface area contributed by atoms with Crippen LogP contribution in [0.25, 0.3) is 0 Å². The van der Waals surface area contributed by atoms with E-state index in [0.717, 1.165) is 34.6 Å². The SMILES string of the molecule is CC(=O)OC[C@H]1O[C@@H](O[C@H]2[C@H](OC(C)=O)[C@@H](OC(C)=O)[C@@H]3OC[C@H]2O3)[C@H](OC(C)=O)[C@@H](OC(C)=O)[C@@H]1O. The van der Waals surface area contributed by atoms with Crippen molar-refractivity contribution in [1.29, 1.82) is 0 Å². The molecule has 3 rings (SSSR count). The van der Waals surface area contributed by atoms with Crippen LogP contribution in [-0.4, -0.2) is 110 Å². The summed E-state index contributed by atoms with van der Waals surface area (Å²) in [6.07, 6.45) is -12.9. The van der Waals surface area contributed by atoms with Gasteiger partial charge in [0.1, 0.15) is 31.0 Å². The fraction of sp³-hybridized carbons (Fsp3) is 0.773. The lowest BCUT2D eigenvalue weighted by molar-refractivity contribution is -0.340. The molecule has 0 spiro atoms. The Kier molecular flexibility index (Phi) is 9.41. The van der Waals surface area contributed by atoms with E-state index < -0.39 is 97.9 Å². The Bertz CT molecular complexity index is 889. The van der Waals surface area contributed by atoms with Gasteiger partial charge < -0.3 is 47.7 Å². The van der Waals surface area contributed by atoms with E-state index in [1.165, 1.54) is 0 Å². The average Bonchev–Trinajstić information content (AvgIpc) is 3.21. The summed E-state index contributed by atoms with van der Waals surface area (Å²) in [6, 6.07) is 0. The van der Waals surface area contributed by atoms with Crippen molar-refractivity contribution in [3.63, 3.8) is 0 Å². The van der Waals surface area contributed by atoms with Crippen LogP contribution in [0.15, 0.2) is 0 Å². The minimum absolute atomic E-state index is 0.0390. The number of hydrogen-bond acceptors (Lipinski definition) is 15. The second kappa shape index (κ2) is 12.1. The molecule has 0 radical (unpaired) electrons. The molecule has 0 unspecified atom stereocenters. The molecule has 0 aromatic heterocycles. The van der Waals surface area contributed by atoms with E-state index in [-0.39, 0.29) is 6.61 Å². The van der Waals surface area contributed by atoms with Crippen molar-refractivity contribution in [3.05, 3.63) is 0 Å². The van der Waals surface area contributed by atoms with Gasteiger partial charge in [0.2, 0.25) is 0 Å². The van der Waals surface area contributed by atoms with E-state index in [2.05, 4.69) is 0 Å². The van der Waals surface area contributed by atoms with Crippen molar-refractivity contribution in [2.24, 2.45) is 0 Å². The summed E-state index contributed by atoms with van der Waals surface area (Å²) in [4.78, 5) is 58.7. The van der Waals surface area contributed by atoms with Crippen LogP contribution < -0.4 is 0 Å². The van der Waals surface area contributed by atoms with Crippen molar-refractivity contribution < 1.29 is 71.7 Å². The van der Waals surface area contributed by atoms with Gasteiger partial charge in [-0.25, -0.2) is 0 Å². The second-order valence-corrected chi connectivity index (χ2v) is 8.61. The number of aliphatic hydroxyl groups is 1. The summed E-state index contributed by atoms with van der Waals surface area (Å²) in [5.41, 5.74) is 0. The van der Waals surface area contributed by atoms with E-state index in [9.17, 15) is 29.1 Å². The molecular formula is C22H30O15.